The molecule has 0 aromatic heterocycles. The van der Waals surface area contributed by atoms with Gasteiger partial charge in [0.2, 0.25) is 0 Å². The van der Waals surface area contributed by atoms with E-state index in [0.717, 1.165) is 0 Å². The lowest BCUT2D eigenvalue weighted by molar-refractivity contribution is -0.273. The van der Waals surface area contributed by atoms with E-state index in [9.17, 15) is 30.6 Å². The second-order valence-electron chi connectivity index (χ2n) is 6.75. The van der Waals surface area contributed by atoms with Gasteiger partial charge in [-0.15, -0.1) is 0 Å². The maximum Gasteiger partial charge on any atom is 0.186 e. The van der Waals surface area contributed by atoms with Crippen LogP contribution in [-0.2, 0) is 23.7 Å². The van der Waals surface area contributed by atoms with Crippen LogP contribution in [0, 0.1) is 0 Å². The van der Waals surface area contributed by atoms with Gasteiger partial charge in [0.25, 0.3) is 0 Å². The van der Waals surface area contributed by atoms with Crippen molar-refractivity contribution >= 4 is 0 Å². The molecule has 2 fully saturated rings. The highest BCUT2D eigenvalue weighted by atomic mass is 16.8. The van der Waals surface area contributed by atoms with Gasteiger partial charge in [0.1, 0.15) is 48.8 Å². The summed E-state index contributed by atoms with van der Waals surface area (Å²) in [5, 5.41) is 78.4. The summed E-state index contributed by atoms with van der Waals surface area (Å²) < 4.78 is 26.8. The summed E-state index contributed by atoms with van der Waals surface area (Å²) in [6.07, 6.45) is -16.3. The summed E-state index contributed by atoms with van der Waals surface area (Å²) in [5.41, 5.74) is 0. The summed E-state index contributed by atoms with van der Waals surface area (Å²) in [6.45, 7) is -1.12. The highest BCUT2D eigenvalue weighted by Crippen LogP contribution is 2.26. The molecule has 2 rings (SSSR count). The first-order valence-electron chi connectivity index (χ1n) is 9.23. The number of aliphatic hydroxyl groups excluding tert-OH is 8. The lowest BCUT2D eigenvalue weighted by Gasteiger charge is -2.38. The molecular formula is C16H30O13. The SMILES string of the molecule is OC[C@@H](O)[C@@H](O)[C@H](O)[C@@H](O[C@@H](C1OCCO1)[C@@H](O)[C@H](O)[C@H](O)CO)C1OCCO1. The Morgan fingerprint density at radius 3 is 1.17 bits per heavy atom. The van der Waals surface area contributed by atoms with E-state index in [0.29, 0.717) is 0 Å². The van der Waals surface area contributed by atoms with Gasteiger partial charge >= 0.3 is 0 Å². The number of hydrogen-bond donors (Lipinski definition) is 8. The Labute approximate surface area is 166 Å². The molecule has 0 amide bonds. The van der Waals surface area contributed by atoms with Crippen LogP contribution >= 0.6 is 0 Å². The lowest BCUT2D eigenvalue weighted by Crippen LogP contribution is -2.58. The Morgan fingerprint density at radius 2 is 0.897 bits per heavy atom. The molecule has 2 heterocycles. The van der Waals surface area contributed by atoms with Gasteiger partial charge in [-0.25, -0.2) is 0 Å². The average molecular weight is 430 g/mol. The number of hydrogen-bond acceptors (Lipinski definition) is 13. The number of rotatable bonds is 12. The molecule has 13 nitrogen and oxygen atoms in total. The third kappa shape index (κ3) is 6.24. The van der Waals surface area contributed by atoms with Crippen LogP contribution in [0.15, 0.2) is 0 Å². The molecule has 172 valence electrons. The van der Waals surface area contributed by atoms with Gasteiger partial charge in [-0.1, -0.05) is 0 Å². The largest absolute Gasteiger partial charge is 0.394 e. The van der Waals surface area contributed by atoms with Gasteiger partial charge in [-0.3, -0.25) is 0 Å². The van der Waals surface area contributed by atoms with Gasteiger partial charge in [0, 0.05) is 0 Å². The van der Waals surface area contributed by atoms with E-state index in [1.165, 1.54) is 0 Å². The fraction of sp³-hybridized carbons (Fsp3) is 1.00. The van der Waals surface area contributed by atoms with Crippen molar-refractivity contribution < 1.29 is 64.5 Å². The maximum atomic E-state index is 10.5. The Bertz CT molecular complexity index is 416. The fourth-order valence-electron chi connectivity index (χ4n) is 2.99. The first-order valence-corrected chi connectivity index (χ1v) is 9.23. The topological polar surface area (TPSA) is 208 Å². The van der Waals surface area contributed by atoms with Crippen LogP contribution in [0.1, 0.15) is 0 Å². The molecule has 0 bridgehead atoms. The second-order valence-corrected chi connectivity index (χ2v) is 6.75. The van der Waals surface area contributed by atoms with Crippen LogP contribution in [0.3, 0.4) is 0 Å². The second kappa shape index (κ2) is 11.8. The molecule has 0 saturated carbocycles. The summed E-state index contributed by atoms with van der Waals surface area (Å²) in [7, 11) is 0. The Morgan fingerprint density at radius 1 is 0.586 bits per heavy atom. The maximum absolute atomic E-state index is 10.5. The molecule has 8 atom stereocenters. The van der Waals surface area contributed by atoms with E-state index >= 15 is 0 Å². The van der Waals surface area contributed by atoms with E-state index < -0.39 is 74.6 Å². The summed E-state index contributed by atoms with van der Waals surface area (Å²) in [6, 6.07) is 0. The molecule has 2 saturated heterocycles. The van der Waals surface area contributed by atoms with Crippen LogP contribution in [0.4, 0.5) is 0 Å². The molecule has 2 aliphatic heterocycles. The zero-order valence-electron chi connectivity index (χ0n) is 15.6. The van der Waals surface area contributed by atoms with Gasteiger partial charge in [0.15, 0.2) is 12.6 Å². The van der Waals surface area contributed by atoms with Crippen LogP contribution in [-0.4, -0.2) is 142 Å². The first kappa shape index (κ1) is 24.7. The molecule has 2 aliphatic rings. The smallest absolute Gasteiger partial charge is 0.186 e. The van der Waals surface area contributed by atoms with Crippen molar-refractivity contribution in [2.24, 2.45) is 0 Å². The molecule has 0 aromatic carbocycles. The first-order chi connectivity index (χ1) is 13.8. The predicted molar refractivity (Wildman–Crippen MR) is 90.3 cm³/mol. The normalized spacial score (nSPS) is 27.3. The molecule has 0 aromatic rings. The standard InChI is InChI=1S/C16H30O13/c17-5-7(19)9(21)11(23)13(15-25-1-2-26-15)29-14(16-27-3-4-28-16)12(24)10(22)8(20)6-18/h7-24H,1-6H2/t7-,8-,9-,10-,11+,12+,13-,14-/m1/s1. The molecule has 0 spiro atoms. The third-order valence-corrected chi connectivity index (χ3v) is 4.68. The van der Waals surface area contributed by atoms with Crippen molar-refractivity contribution in [3.63, 3.8) is 0 Å². The monoisotopic (exact) mass is 430 g/mol. The van der Waals surface area contributed by atoms with Gasteiger partial charge in [-0.2, -0.15) is 0 Å². The average Bonchev–Trinajstić information content (AvgIpc) is 3.45. The lowest BCUT2D eigenvalue weighted by atomic mass is 10.00. The van der Waals surface area contributed by atoms with Crippen molar-refractivity contribution in [3.8, 4) is 0 Å². The quantitative estimate of drug-likeness (QED) is 0.146. The molecule has 8 N–H and O–H groups in total. The molecule has 0 radical (unpaired) electrons. The summed E-state index contributed by atoms with van der Waals surface area (Å²) in [5.74, 6) is 0. The van der Waals surface area contributed by atoms with Crippen LogP contribution in [0.2, 0.25) is 0 Å². The molecular weight excluding hydrogens is 400 g/mol. The van der Waals surface area contributed by atoms with E-state index in [-0.39, 0.29) is 26.4 Å². The zero-order chi connectivity index (χ0) is 21.6. The minimum Gasteiger partial charge on any atom is -0.394 e. The Kier molecular flexibility index (Phi) is 10.0. The fourth-order valence-corrected chi connectivity index (χ4v) is 2.99. The van der Waals surface area contributed by atoms with E-state index in [4.69, 9.17) is 33.9 Å². The van der Waals surface area contributed by atoms with Crippen molar-refractivity contribution in [2.75, 3.05) is 39.6 Å². The number of aliphatic hydroxyl groups is 8. The third-order valence-electron chi connectivity index (χ3n) is 4.68. The van der Waals surface area contributed by atoms with Crippen molar-refractivity contribution in [2.45, 2.75) is 61.4 Å². The molecule has 29 heavy (non-hydrogen) atoms. The highest BCUT2D eigenvalue weighted by Gasteiger charge is 2.46. The highest BCUT2D eigenvalue weighted by molar-refractivity contribution is 4.90. The van der Waals surface area contributed by atoms with Crippen LogP contribution < -0.4 is 0 Å². The van der Waals surface area contributed by atoms with Gasteiger partial charge in [0.05, 0.1) is 39.6 Å². The van der Waals surface area contributed by atoms with E-state index in [1.54, 1.807) is 0 Å². The summed E-state index contributed by atoms with van der Waals surface area (Å²) >= 11 is 0. The van der Waals surface area contributed by atoms with E-state index in [2.05, 4.69) is 0 Å². The molecule has 0 aliphatic carbocycles. The Balaban J connectivity index is 2.23. The van der Waals surface area contributed by atoms with Gasteiger partial charge in [-0.05, 0) is 0 Å². The van der Waals surface area contributed by atoms with Crippen LogP contribution in [0.25, 0.3) is 0 Å². The van der Waals surface area contributed by atoms with Crippen molar-refractivity contribution in [1.29, 1.82) is 0 Å². The Hall–Kier alpha value is -0.520. The zero-order valence-corrected chi connectivity index (χ0v) is 15.6. The predicted octanol–water partition coefficient (Wildman–Crippen LogP) is -5.36. The van der Waals surface area contributed by atoms with Gasteiger partial charge < -0.3 is 64.5 Å². The van der Waals surface area contributed by atoms with Crippen molar-refractivity contribution in [1.82, 2.24) is 0 Å². The molecule has 0 unspecified atom stereocenters. The van der Waals surface area contributed by atoms with E-state index in [1.807, 2.05) is 0 Å². The number of ether oxygens (including phenoxy) is 5. The minimum atomic E-state index is -1.87. The minimum absolute atomic E-state index is 0.144. The molecule has 13 heteroatoms. The summed E-state index contributed by atoms with van der Waals surface area (Å²) in [4.78, 5) is 0. The van der Waals surface area contributed by atoms with Crippen molar-refractivity contribution in [3.05, 3.63) is 0 Å². The van der Waals surface area contributed by atoms with Crippen LogP contribution in [0.5, 0.6) is 0 Å².